The van der Waals surface area contributed by atoms with Gasteiger partial charge in [-0.3, -0.25) is 0 Å². The van der Waals surface area contributed by atoms with E-state index >= 15 is 0 Å². The number of rotatable bonds is 7. The molecule has 0 fully saturated rings. The molecule has 0 bridgehead atoms. The first-order valence-electron chi connectivity index (χ1n) is 6.84. The fourth-order valence-electron chi connectivity index (χ4n) is 1.96. The van der Waals surface area contributed by atoms with Gasteiger partial charge < -0.3 is 20.5 Å². The number of benzene rings is 1. The van der Waals surface area contributed by atoms with Gasteiger partial charge in [-0.25, -0.2) is 4.79 Å². The number of nitrogens with one attached hydrogen (secondary N) is 2. The summed E-state index contributed by atoms with van der Waals surface area (Å²) in [4.78, 5) is 11.6. The highest BCUT2D eigenvalue weighted by molar-refractivity contribution is 5.73. The summed E-state index contributed by atoms with van der Waals surface area (Å²) in [7, 11) is 1.61. The van der Waals surface area contributed by atoms with Crippen LogP contribution in [0, 0.1) is 5.92 Å². The Kier molecular flexibility index (Phi) is 6.87. The molecule has 5 heteroatoms. The molecule has 1 rings (SSSR count). The normalized spacial score (nSPS) is 13.4. The topological polar surface area (TPSA) is 70.6 Å². The standard InChI is InChI=1S/C15H24N2O3/c1-11(7-12(2)18)9-16-15(19)17-10-13-5-4-6-14(8-13)20-3/h4-6,8,11-12,18H,7,9-10H2,1-3H3,(H2,16,17,19). The molecule has 0 aliphatic carbocycles. The van der Waals surface area contributed by atoms with Crippen LogP contribution in [0.3, 0.4) is 0 Å². The summed E-state index contributed by atoms with van der Waals surface area (Å²) >= 11 is 0. The van der Waals surface area contributed by atoms with Gasteiger partial charge in [-0.1, -0.05) is 19.1 Å². The van der Waals surface area contributed by atoms with Gasteiger partial charge in [0.2, 0.25) is 0 Å². The Labute approximate surface area is 120 Å². The third-order valence-electron chi connectivity index (χ3n) is 2.94. The molecule has 20 heavy (non-hydrogen) atoms. The van der Waals surface area contributed by atoms with Crippen molar-refractivity contribution in [3.63, 3.8) is 0 Å². The molecule has 0 aliphatic rings. The zero-order valence-corrected chi connectivity index (χ0v) is 12.3. The van der Waals surface area contributed by atoms with Crippen molar-refractivity contribution in [2.24, 2.45) is 5.92 Å². The Morgan fingerprint density at radius 2 is 2.10 bits per heavy atom. The van der Waals surface area contributed by atoms with Crippen LogP contribution in [-0.4, -0.2) is 30.9 Å². The van der Waals surface area contributed by atoms with E-state index in [1.54, 1.807) is 14.0 Å². The zero-order chi connectivity index (χ0) is 15.0. The van der Waals surface area contributed by atoms with Gasteiger partial charge in [-0.2, -0.15) is 0 Å². The summed E-state index contributed by atoms with van der Waals surface area (Å²) in [6.07, 6.45) is 0.336. The highest BCUT2D eigenvalue weighted by Crippen LogP contribution is 2.12. The van der Waals surface area contributed by atoms with E-state index in [1.165, 1.54) is 0 Å². The highest BCUT2D eigenvalue weighted by Gasteiger charge is 2.08. The van der Waals surface area contributed by atoms with E-state index < -0.39 is 0 Å². The SMILES string of the molecule is COc1cccc(CNC(=O)NCC(C)CC(C)O)c1. The van der Waals surface area contributed by atoms with Crippen molar-refractivity contribution in [3.05, 3.63) is 29.8 Å². The Balaban J connectivity index is 2.29. The van der Waals surface area contributed by atoms with Crippen molar-refractivity contribution in [1.82, 2.24) is 10.6 Å². The van der Waals surface area contributed by atoms with Crippen LogP contribution < -0.4 is 15.4 Å². The Morgan fingerprint density at radius 3 is 2.75 bits per heavy atom. The summed E-state index contributed by atoms with van der Waals surface area (Å²) in [6, 6.07) is 7.36. The monoisotopic (exact) mass is 280 g/mol. The van der Waals surface area contributed by atoms with Gasteiger partial charge in [0.25, 0.3) is 0 Å². The van der Waals surface area contributed by atoms with Crippen LogP contribution in [0.25, 0.3) is 0 Å². The molecule has 0 aromatic heterocycles. The second-order valence-electron chi connectivity index (χ2n) is 5.11. The summed E-state index contributed by atoms with van der Waals surface area (Å²) < 4.78 is 5.13. The van der Waals surface area contributed by atoms with E-state index in [2.05, 4.69) is 10.6 Å². The zero-order valence-electron chi connectivity index (χ0n) is 12.3. The minimum Gasteiger partial charge on any atom is -0.497 e. The van der Waals surface area contributed by atoms with Gasteiger partial charge >= 0.3 is 6.03 Å². The van der Waals surface area contributed by atoms with E-state index in [4.69, 9.17) is 4.74 Å². The van der Waals surface area contributed by atoms with Crippen LogP contribution in [0.5, 0.6) is 5.75 Å². The number of ether oxygens (including phenoxy) is 1. The number of hydrogen-bond donors (Lipinski definition) is 3. The molecule has 1 aromatic carbocycles. The maximum absolute atomic E-state index is 11.6. The third kappa shape index (κ3) is 6.43. The second kappa shape index (κ2) is 8.43. The van der Waals surface area contributed by atoms with Crippen LogP contribution in [0.1, 0.15) is 25.8 Å². The lowest BCUT2D eigenvalue weighted by atomic mass is 10.1. The molecule has 3 N–H and O–H groups in total. The van der Waals surface area contributed by atoms with Crippen molar-refractivity contribution in [3.8, 4) is 5.75 Å². The van der Waals surface area contributed by atoms with Gasteiger partial charge in [0.1, 0.15) is 5.75 Å². The molecule has 0 spiro atoms. The number of aliphatic hydroxyl groups is 1. The van der Waals surface area contributed by atoms with Gasteiger partial charge in [-0.05, 0) is 37.0 Å². The lowest BCUT2D eigenvalue weighted by Crippen LogP contribution is -2.37. The Hall–Kier alpha value is -1.75. The largest absolute Gasteiger partial charge is 0.497 e. The number of carbonyl (C=O) groups excluding carboxylic acids is 1. The summed E-state index contributed by atoms with van der Waals surface area (Å²) in [6.45, 7) is 4.75. The second-order valence-corrected chi connectivity index (χ2v) is 5.11. The van der Waals surface area contributed by atoms with Crippen LogP contribution in [-0.2, 0) is 6.54 Å². The molecule has 2 amide bonds. The van der Waals surface area contributed by atoms with Crippen LogP contribution >= 0.6 is 0 Å². The molecular formula is C15H24N2O3. The number of carbonyl (C=O) groups is 1. The number of methoxy groups -OCH3 is 1. The first-order chi connectivity index (χ1) is 9.51. The van der Waals surface area contributed by atoms with E-state index in [9.17, 15) is 9.90 Å². The third-order valence-corrected chi connectivity index (χ3v) is 2.94. The predicted molar refractivity (Wildman–Crippen MR) is 78.7 cm³/mol. The maximum Gasteiger partial charge on any atom is 0.315 e. The number of aliphatic hydroxyl groups excluding tert-OH is 1. The lowest BCUT2D eigenvalue weighted by molar-refractivity contribution is 0.163. The maximum atomic E-state index is 11.6. The van der Waals surface area contributed by atoms with E-state index in [1.807, 2.05) is 31.2 Å². The average Bonchev–Trinajstić information content (AvgIpc) is 2.42. The van der Waals surface area contributed by atoms with E-state index in [0.717, 1.165) is 11.3 Å². The number of urea groups is 1. The lowest BCUT2D eigenvalue weighted by Gasteiger charge is -2.14. The van der Waals surface area contributed by atoms with E-state index in [-0.39, 0.29) is 18.1 Å². The summed E-state index contributed by atoms with van der Waals surface area (Å²) in [5, 5.41) is 14.8. The van der Waals surface area contributed by atoms with Crippen molar-refractivity contribution in [2.45, 2.75) is 32.9 Å². The van der Waals surface area contributed by atoms with Gasteiger partial charge in [0.05, 0.1) is 13.2 Å². The molecular weight excluding hydrogens is 256 g/mol. The quantitative estimate of drug-likeness (QED) is 0.714. The molecule has 5 nitrogen and oxygen atoms in total. The van der Waals surface area contributed by atoms with Gasteiger partial charge in [0, 0.05) is 13.1 Å². The molecule has 0 saturated heterocycles. The average molecular weight is 280 g/mol. The van der Waals surface area contributed by atoms with Crippen molar-refractivity contribution in [1.29, 1.82) is 0 Å². The first kappa shape index (κ1) is 16.3. The first-order valence-corrected chi connectivity index (χ1v) is 6.84. The van der Waals surface area contributed by atoms with Gasteiger partial charge in [-0.15, -0.1) is 0 Å². The fourth-order valence-corrected chi connectivity index (χ4v) is 1.96. The number of hydrogen-bond acceptors (Lipinski definition) is 3. The van der Waals surface area contributed by atoms with Crippen molar-refractivity contribution in [2.75, 3.05) is 13.7 Å². The van der Waals surface area contributed by atoms with Crippen LogP contribution in [0.15, 0.2) is 24.3 Å². The summed E-state index contributed by atoms with van der Waals surface area (Å²) in [5.41, 5.74) is 0.983. The molecule has 0 heterocycles. The molecule has 112 valence electrons. The smallest absolute Gasteiger partial charge is 0.315 e. The van der Waals surface area contributed by atoms with Crippen molar-refractivity contribution < 1.29 is 14.6 Å². The Morgan fingerprint density at radius 1 is 1.35 bits per heavy atom. The highest BCUT2D eigenvalue weighted by atomic mass is 16.5. The van der Waals surface area contributed by atoms with Crippen LogP contribution in [0.4, 0.5) is 4.79 Å². The minimum atomic E-state index is -0.341. The fraction of sp³-hybridized carbons (Fsp3) is 0.533. The van der Waals surface area contributed by atoms with E-state index in [0.29, 0.717) is 19.5 Å². The van der Waals surface area contributed by atoms with Gasteiger partial charge in [0.15, 0.2) is 0 Å². The Bertz CT molecular complexity index is 421. The molecule has 2 atom stereocenters. The predicted octanol–water partition coefficient (Wildman–Crippen LogP) is 1.90. The molecule has 0 saturated carbocycles. The van der Waals surface area contributed by atoms with Crippen LogP contribution in [0.2, 0.25) is 0 Å². The molecule has 0 radical (unpaired) electrons. The molecule has 2 unspecified atom stereocenters. The number of amides is 2. The van der Waals surface area contributed by atoms with Crippen molar-refractivity contribution >= 4 is 6.03 Å². The molecule has 0 aliphatic heterocycles. The minimum absolute atomic E-state index is 0.203. The summed E-state index contributed by atoms with van der Waals surface area (Å²) in [5.74, 6) is 1.02. The molecule has 1 aromatic rings.